The summed E-state index contributed by atoms with van der Waals surface area (Å²) in [6.07, 6.45) is 15.6. The van der Waals surface area contributed by atoms with E-state index in [0.717, 1.165) is 83.5 Å². The molecule has 0 aromatic heterocycles. The highest BCUT2D eigenvalue weighted by Crippen LogP contribution is 2.80. The predicted octanol–water partition coefficient (Wildman–Crippen LogP) is 5.97. The number of hydrogen-bond donors (Lipinski definition) is 4. The summed E-state index contributed by atoms with van der Waals surface area (Å²) < 4.78 is 0. The number of rotatable bonds is 2. The molecule has 6 fully saturated rings. The van der Waals surface area contributed by atoms with E-state index in [-0.39, 0.29) is 63.8 Å². The standard InChI is InChI=1S/C36H56O5/c1-30(2)18-24-23-17-25(39)29-34-13-7-8-14-35(29,16-9-26(34)31(3,21-37)27(40)10-15-34)32(23,4)19-28(41)36(24,22-38)33(20-30)11-5-6-12-33/h17,24,26-29,37-38,40-41H,5-16,18-22H2,1-4H3. The number of aliphatic hydroxyl groups is 4. The zero-order valence-electron chi connectivity index (χ0n) is 26.2. The molecule has 230 valence electrons. The molecule has 0 aromatic carbocycles. The van der Waals surface area contributed by atoms with Crippen LogP contribution in [0.1, 0.15) is 124 Å². The lowest BCUT2D eigenvalue weighted by atomic mass is 9.30. The van der Waals surface area contributed by atoms with Gasteiger partial charge < -0.3 is 20.4 Å². The van der Waals surface area contributed by atoms with Gasteiger partial charge in [-0.3, -0.25) is 4.79 Å². The van der Waals surface area contributed by atoms with Gasteiger partial charge in [-0.25, -0.2) is 0 Å². The molecule has 0 radical (unpaired) electrons. The molecule has 5 heteroatoms. The van der Waals surface area contributed by atoms with E-state index < -0.39 is 23.0 Å². The Bertz CT molecular complexity index is 1140. The lowest BCUT2D eigenvalue weighted by molar-refractivity contribution is -0.249. The Balaban J connectivity index is 1.43. The molecule has 0 amide bonds. The minimum Gasteiger partial charge on any atom is -0.396 e. The zero-order chi connectivity index (χ0) is 29.3. The van der Waals surface area contributed by atoms with Crippen molar-refractivity contribution in [3.8, 4) is 0 Å². The molecule has 6 saturated carbocycles. The first-order valence-electron chi connectivity index (χ1n) is 17.2. The molecule has 2 spiro atoms. The van der Waals surface area contributed by atoms with E-state index in [9.17, 15) is 25.2 Å². The van der Waals surface area contributed by atoms with Crippen LogP contribution in [0.3, 0.4) is 0 Å². The van der Waals surface area contributed by atoms with Crippen molar-refractivity contribution in [2.75, 3.05) is 13.2 Å². The van der Waals surface area contributed by atoms with Crippen LogP contribution < -0.4 is 0 Å². The van der Waals surface area contributed by atoms with Crippen molar-refractivity contribution in [2.24, 2.45) is 55.7 Å². The van der Waals surface area contributed by atoms with Gasteiger partial charge in [-0.1, -0.05) is 59.0 Å². The van der Waals surface area contributed by atoms with Crippen LogP contribution in [0.5, 0.6) is 0 Å². The van der Waals surface area contributed by atoms with Crippen LogP contribution in [0.2, 0.25) is 0 Å². The van der Waals surface area contributed by atoms with E-state index in [4.69, 9.17) is 0 Å². The minimum absolute atomic E-state index is 0.00566. The lowest BCUT2D eigenvalue weighted by Crippen LogP contribution is -2.72. The maximum absolute atomic E-state index is 14.9. The normalized spacial score (nSPS) is 53.4. The average molecular weight is 569 g/mol. The first kappa shape index (κ1) is 29.0. The van der Waals surface area contributed by atoms with E-state index in [2.05, 4.69) is 33.8 Å². The summed E-state index contributed by atoms with van der Waals surface area (Å²) >= 11 is 0. The molecule has 10 unspecified atom stereocenters. The van der Waals surface area contributed by atoms with Crippen molar-refractivity contribution in [1.82, 2.24) is 0 Å². The summed E-state index contributed by atoms with van der Waals surface area (Å²) in [5, 5.41) is 45.8. The summed E-state index contributed by atoms with van der Waals surface area (Å²) in [6.45, 7) is 9.22. The van der Waals surface area contributed by atoms with Gasteiger partial charge >= 0.3 is 0 Å². The maximum atomic E-state index is 14.9. The van der Waals surface area contributed by atoms with E-state index in [0.29, 0.717) is 12.8 Å². The molecule has 0 heterocycles. The van der Waals surface area contributed by atoms with Crippen molar-refractivity contribution in [3.05, 3.63) is 11.6 Å². The Morgan fingerprint density at radius 2 is 1.49 bits per heavy atom. The molecule has 0 aromatic rings. The molecule has 5 nitrogen and oxygen atoms in total. The summed E-state index contributed by atoms with van der Waals surface area (Å²) in [4.78, 5) is 14.9. The van der Waals surface area contributed by atoms with Crippen molar-refractivity contribution >= 4 is 5.78 Å². The van der Waals surface area contributed by atoms with Gasteiger partial charge in [-0.15, -0.1) is 0 Å². The Hall–Kier alpha value is -0.750. The van der Waals surface area contributed by atoms with Gasteiger partial charge in [0.05, 0.1) is 25.4 Å². The van der Waals surface area contributed by atoms with Gasteiger partial charge in [0.2, 0.25) is 0 Å². The third kappa shape index (κ3) is 3.26. The number of hydrogen-bond acceptors (Lipinski definition) is 5. The van der Waals surface area contributed by atoms with Gasteiger partial charge in [-0.05, 0) is 116 Å². The van der Waals surface area contributed by atoms with Crippen LogP contribution in [0, 0.1) is 55.7 Å². The minimum atomic E-state index is -0.583. The quantitative estimate of drug-likeness (QED) is 0.329. The SMILES string of the molecule is CC1(C)CC2C3=CC(=O)C4C56CCCCC4(CCC5C(C)(CO)C(O)CC6)C3(C)CC(O)C2(CO)C2(CCCC2)C1. The predicted molar refractivity (Wildman–Crippen MR) is 159 cm³/mol. The van der Waals surface area contributed by atoms with Gasteiger partial charge in [0.1, 0.15) is 0 Å². The van der Waals surface area contributed by atoms with Crippen LogP contribution in [-0.4, -0.2) is 51.6 Å². The van der Waals surface area contributed by atoms with Crippen LogP contribution in [0.15, 0.2) is 11.6 Å². The number of aliphatic hydroxyl groups excluding tert-OH is 4. The fourth-order valence-corrected chi connectivity index (χ4v) is 14.5. The lowest BCUT2D eigenvalue weighted by Gasteiger charge is -2.74. The van der Waals surface area contributed by atoms with Crippen molar-refractivity contribution in [3.63, 3.8) is 0 Å². The highest BCUT2D eigenvalue weighted by Gasteiger charge is 2.76. The van der Waals surface area contributed by atoms with Crippen LogP contribution in [0.25, 0.3) is 0 Å². The molecule has 0 saturated heterocycles. The van der Waals surface area contributed by atoms with E-state index in [1.807, 2.05) is 0 Å². The highest BCUT2D eigenvalue weighted by atomic mass is 16.3. The molecular weight excluding hydrogens is 512 g/mol. The van der Waals surface area contributed by atoms with Crippen molar-refractivity contribution < 1.29 is 25.2 Å². The van der Waals surface area contributed by atoms with E-state index >= 15 is 0 Å². The Labute approximate surface area is 247 Å². The molecule has 2 bridgehead atoms. The number of carbonyl (C=O) groups is 1. The second-order valence-electron chi connectivity index (χ2n) is 17.7. The molecule has 7 aliphatic carbocycles. The van der Waals surface area contributed by atoms with Gasteiger partial charge in [0.15, 0.2) is 5.78 Å². The maximum Gasteiger partial charge on any atom is 0.159 e. The smallest absolute Gasteiger partial charge is 0.159 e. The van der Waals surface area contributed by atoms with E-state index in [1.54, 1.807) is 0 Å². The fourth-order valence-electron chi connectivity index (χ4n) is 14.5. The number of ketones is 1. The molecule has 7 rings (SSSR count). The largest absolute Gasteiger partial charge is 0.396 e. The van der Waals surface area contributed by atoms with Gasteiger partial charge in [0.25, 0.3) is 0 Å². The molecule has 41 heavy (non-hydrogen) atoms. The second-order valence-corrected chi connectivity index (χ2v) is 17.7. The summed E-state index contributed by atoms with van der Waals surface area (Å²) in [6, 6.07) is 0. The molecule has 7 aliphatic rings. The first-order chi connectivity index (χ1) is 19.3. The van der Waals surface area contributed by atoms with Crippen LogP contribution in [-0.2, 0) is 4.79 Å². The number of fused-ring (bicyclic) bond motifs is 4. The van der Waals surface area contributed by atoms with Crippen LogP contribution in [0.4, 0.5) is 0 Å². The summed E-state index contributed by atoms with van der Waals surface area (Å²) in [5.41, 5.74) is -0.579. The Morgan fingerprint density at radius 3 is 2.17 bits per heavy atom. The Morgan fingerprint density at radius 1 is 0.805 bits per heavy atom. The van der Waals surface area contributed by atoms with Gasteiger partial charge in [-0.2, -0.15) is 0 Å². The van der Waals surface area contributed by atoms with Gasteiger partial charge in [0, 0.05) is 16.7 Å². The topological polar surface area (TPSA) is 98.0 Å². The molecule has 0 aliphatic heterocycles. The molecular formula is C36H56O5. The molecule has 10 atom stereocenters. The highest BCUT2D eigenvalue weighted by molar-refractivity contribution is 5.96. The number of allylic oxidation sites excluding steroid dienone is 2. The van der Waals surface area contributed by atoms with Crippen molar-refractivity contribution in [2.45, 2.75) is 136 Å². The zero-order valence-corrected chi connectivity index (χ0v) is 26.2. The summed E-state index contributed by atoms with van der Waals surface area (Å²) in [7, 11) is 0. The van der Waals surface area contributed by atoms with Crippen LogP contribution >= 0.6 is 0 Å². The molecule has 4 N–H and O–H groups in total. The first-order valence-corrected chi connectivity index (χ1v) is 17.2. The number of carbonyl (C=O) groups excluding carboxylic acids is 1. The monoisotopic (exact) mass is 568 g/mol. The average Bonchev–Trinajstić information content (AvgIpc) is 3.33. The van der Waals surface area contributed by atoms with E-state index in [1.165, 1.54) is 5.57 Å². The fraction of sp³-hybridized carbons (Fsp3) is 0.917. The third-order valence-electron chi connectivity index (χ3n) is 15.9. The Kier molecular flexibility index (Phi) is 6.30. The third-order valence-corrected chi connectivity index (χ3v) is 15.9. The summed E-state index contributed by atoms with van der Waals surface area (Å²) in [5.74, 6) is 0.320. The second kappa shape index (κ2) is 8.92. The van der Waals surface area contributed by atoms with Crippen molar-refractivity contribution in [1.29, 1.82) is 0 Å².